The molecule has 2 aliphatic rings. The second kappa shape index (κ2) is 17.8. The van der Waals surface area contributed by atoms with Gasteiger partial charge >= 0.3 is 5.97 Å². The maximum atomic E-state index is 15.3. The number of amides is 2. The Labute approximate surface area is 351 Å². The van der Waals surface area contributed by atoms with Crippen molar-refractivity contribution in [3.8, 4) is 5.75 Å². The van der Waals surface area contributed by atoms with Gasteiger partial charge in [-0.1, -0.05) is 72.9 Å². The summed E-state index contributed by atoms with van der Waals surface area (Å²) in [6.07, 6.45) is 3.42. The van der Waals surface area contributed by atoms with Crippen molar-refractivity contribution in [2.24, 2.45) is 5.92 Å². The number of aryl methyl sites for hydroxylation is 1. The highest BCUT2D eigenvalue weighted by molar-refractivity contribution is 6.91. The highest BCUT2D eigenvalue weighted by atomic mass is 28.3. The molecule has 4 aromatic carbocycles. The molecule has 5 atom stereocenters. The van der Waals surface area contributed by atoms with Crippen molar-refractivity contribution >= 4 is 48.1 Å². The van der Waals surface area contributed by atoms with E-state index in [1.807, 2.05) is 66.9 Å². The van der Waals surface area contributed by atoms with Crippen molar-refractivity contribution in [1.82, 2.24) is 15.0 Å². The number of aliphatic hydroxyl groups is 1. The fourth-order valence-electron chi connectivity index (χ4n) is 9.26. The number of nitrogen functional groups attached to an aromatic ring is 1. The van der Waals surface area contributed by atoms with Crippen molar-refractivity contribution in [1.29, 1.82) is 0 Å². The van der Waals surface area contributed by atoms with Gasteiger partial charge in [0.1, 0.15) is 5.75 Å². The van der Waals surface area contributed by atoms with E-state index in [9.17, 15) is 14.7 Å². The molecule has 1 aromatic heterocycles. The number of ether oxygens (including phenoxy) is 3. The number of methoxy groups -OCH3 is 2. The summed E-state index contributed by atoms with van der Waals surface area (Å²) in [6.45, 7) is 7.53. The Morgan fingerprint density at radius 3 is 2.40 bits per heavy atom. The summed E-state index contributed by atoms with van der Waals surface area (Å²) in [5.41, 5.74) is 9.04. The van der Waals surface area contributed by atoms with Crippen molar-refractivity contribution in [2.45, 2.75) is 75.4 Å². The first-order valence-electron chi connectivity index (χ1n) is 20.5. The quantitative estimate of drug-likeness (QED) is 0.0448. The lowest BCUT2D eigenvalue weighted by molar-refractivity contribution is -0.146. The Bertz CT molecular complexity index is 2300. The first-order chi connectivity index (χ1) is 28.9. The predicted molar refractivity (Wildman–Crippen MR) is 233 cm³/mol. The minimum atomic E-state index is -2.47. The van der Waals surface area contributed by atoms with Gasteiger partial charge in [0.2, 0.25) is 0 Å². The van der Waals surface area contributed by atoms with Crippen molar-refractivity contribution in [3.05, 3.63) is 126 Å². The van der Waals surface area contributed by atoms with E-state index in [0.29, 0.717) is 60.5 Å². The average Bonchev–Trinajstić information content (AvgIpc) is 3.92. The molecule has 1 saturated heterocycles. The lowest BCUT2D eigenvalue weighted by Crippen LogP contribution is -2.52. The van der Waals surface area contributed by atoms with Gasteiger partial charge in [-0.3, -0.25) is 19.1 Å². The van der Waals surface area contributed by atoms with Gasteiger partial charge in [0.15, 0.2) is 5.60 Å². The van der Waals surface area contributed by atoms with Gasteiger partial charge in [0, 0.05) is 54.1 Å². The van der Waals surface area contributed by atoms with Crippen LogP contribution in [0.5, 0.6) is 5.75 Å². The van der Waals surface area contributed by atoms with Gasteiger partial charge in [-0.05, 0) is 85.0 Å². The van der Waals surface area contributed by atoms with E-state index in [0.717, 1.165) is 17.0 Å². The van der Waals surface area contributed by atoms with E-state index in [4.69, 9.17) is 19.9 Å². The number of nitrogens with zero attached hydrogens (tertiary/aromatic N) is 4. The smallest absolute Gasteiger partial charge is 0.305 e. The van der Waals surface area contributed by atoms with Crippen LogP contribution in [-0.2, 0) is 31.2 Å². The monoisotopic (exact) mass is 830 g/mol. The highest BCUT2D eigenvalue weighted by Gasteiger charge is 2.66. The van der Waals surface area contributed by atoms with Gasteiger partial charge in [0.05, 0.1) is 52.3 Å². The summed E-state index contributed by atoms with van der Waals surface area (Å²) in [6, 6.07) is 30.3. The lowest BCUT2D eigenvalue weighted by Gasteiger charge is -2.37. The van der Waals surface area contributed by atoms with Crippen LogP contribution in [0, 0.1) is 5.92 Å². The van der Waals surface area contributed by atoms with Gasteiger partial charge in [-0.2, -0.15) is 0 Å². The fraction of sp³-hybridized carbons (Fsp3) is 0.370. The van der Waals surface area contributed by atoms with E-state index < -0.39 is 13.7 Å². The summed E-state index contributed by atoms with van der Waals surface area (Å²) < 4.78 is 19.5. The number of rotatable bonds is 16. The molecule has 2 aliphatic heterocycles. The number of aromatic nitrogens is 3. The number of unbranched alkanes of at least 4 members (excludes halogenated alkanes) is 1. The van der Waals surface area contributed by atoms with Gasteiger partial charge in [-0.15, -0.1) is 5.10 Å². The third-order valence-electron chi connectivity index (χ3n) is 12.4. The Hall–Kier alpha value is -5.83. The number of hydrogen-bond acceptors (Lipinski definition) is 10. The zero-order valence-corrected chi connectivity index (χ0v) is 35.8. The molecule has 1 unspecified atom stereocenters. The van der Waals surface area contributed by atoms with E-state index in [2.05, 4.69) is 47.8 Å². The van der Waals surface area contributed by atoms with Crippen LogP contribution >= 0.6 is 0 Å². The normalized spacial score (nSPS) is 20.3. The van der Waals surface area contributed by atoms with E-state index in [-0.39, 0.29) is 54.3 Å². The molecular formula is C46H54N6O7Si. The summed E-state index contributed by atoms with van der Waals surface area (Å²) >= 11 is 0. The summed E-state index contributed by atoms with van der Waals surface area (Å²) in [7, 11) is 0.551. The molecule has 2 amide bonds. The van der Waals surface area contributed by atoms with Crippen LogP contribution in [0.25, 0.3) is 0 Å². The SMILES string of the molecule is COC(=O)CCCCN1C(=O)[C@@]2(O[C@@H](CCn3cc(C(CO)c4ccccc4)nn3)[C@H]([Si](C)(C)c3ccc(OC)cc3)[C@H]2C)c2cc(NC(=O)c3ccc(N)cc3)ccc21. The summed E-state index contributed by atoms with van der Waals surface area (Å²) in [5.74, 6) is -0.599. The number of nitrogens with two attached hydrogens (primary N) is 1. The summed E-state index contributed by atoms with van der Waals surface area (Å²) in [4.78, 5) is 42.5. The molecule has 4 N–H and O–H groups in total. The highest BCUT2D eigenvalue weighted by Crippen LogP contribution is 2.60. The van der Waals surface area contributed by atoms with Crippen LogP contribution in [0.3, 0.4) is 0 Å². The molecule has 7 rings (SSSR count). The van der Waals surface area contributed by atoms with Crippen LogP contribution in [0.4, 0.5) is 17.1 Å². The number of aliphatic hydroxyl groups excluding tert-OH is 1. The third-order valence-corrected chi connectivity index (χ3v) is 16.8. The van der Waals surface area contributed by atoms with Gasteiger partial charge in [-0.25, -0.2) is 0 Å². The largest absolute Gasteiger partial charge is 0.497 e. The molecular weight excluding hydrogens is 777 g/mol. The van der Waals surface area contributed by atoms with Crippen molar-refractivity contribution in [3.63, 3.8) is 0 Å². The first kappa shape index (κ1) is 42.3. The standard InChI is InChI=1S/C46H54N6O7Si/c1-30-43(60(4,5)36-21-19-35(57-2)20-22-36)41(24-26-51-28-39(49-50-51)37(29-53)31-11-7-6-8-12-31)59-46(30)38-27-34(48-44(55)32-14-16-33(47)17-15-32)18-23-40(38)52(45(46)56)25-10-9-13-42(54)58-3/h6-8,11-12,14-23,27-28,30,37,41,43,53H,9-10,13,24-26,29,47H2,1-5H3,(H,48,55)/t30-,37?,41+,43-,46+/m1/s1. The second-order valence-corrected chi connectivity index (χ2v) is 21.0. The molecule has 13 nitrogen and oxygen atoms in total. The van der Waals surface area contributed by atoms with Crippen molar-refractivity contribution in [2.75, 3.05) is 43.3 Å². The maximum Gasteiger partial charge on any atom is 0.305 e. The van der Waals surface area contributed by atoms with Gasteiger partial charge < -0.3 is 35.3 Å². The summed E-state index contributed by atoms with van der Waals surface area (Å²) in [5, 5.41) is 23.5. The first-order valence-corrected chi connectivity index (χ1v) is 23.6. The molecule has 60 heavy (non-hydrogen) atoms. The topological polar surface area (TPSA) is 171 Å². The number of esters is 1. The van der Waals surface area contributed by atoms with Crippen LogP contribution in [0.1, 0.15) is 65.7 Å². The van der Waals surface area contributed by atoms with Crippen LogP contribution in [0.15, 0.2) is 103 Å². The number of nitrogens with one attached hydrogen (secondary N) is 1. The second-order valence-electron chi connectivity index (χ2n) is 16.3. The van der Waals surface area contributed by atoms with Crippen LogP contribution < -0.4 is 25.9 Å². The molecule has 0 bridgehead atoms. The molecule has 1 fully saturated rings. The van der Waals surface area contributed by atoms with Crippen molar-refractivity contribution < 1.29 is 33.7 Å². The third kappa shape index (κ3) is 8.19. The molecule has 0 radical (unpaired) electrons. The Balaban J connectivity index is 1.26. The Kier molecular flexibility index (Phi) is 12.5. The zero-order chi connectivity index (χ0) is 42.6. The Morgan fingerprint density at radius 1 is 0.983 bits per heavy atom. The van der Waals surface area contributed by atoms with E-state index >= 15 is 4.79 Å². The number of benzene rings is 4. The molecule has 314 valence electrons. The number of anilines is 3. The molecule has 0 saturated carbocycles. The maximum absolute atomic E-state index is 15.3. The average molecular weight is 831 g/mol. The predicted octanol–water partition coefficient (Wildman–Crippen LogP) is 6.24. The van der Waals surface area contributed by atoms with E-state index in [1.54, 1.807) is 41.0 Å². The lowest BCUT2D eigenvalue weighted by atomic mass is 9.82. The minimum Gasteiger partial charge on any atom is -0.497 e. The van der Waals surface area contributed by atoms with E-state index in [1.165, 1.54) is 12.3 Å². The molecule has 14 heteroatoms. The molecule has 1 spiro atoms. The van der Waals surface area contributed by atoms with Gasteiger partial charge in [0.25, 0.3) is 11.8 Å². The molecule has 0 aliphatic carbocycles. The Morgan fingerprint density at radius 2 is 1.72 bits per heavy atom. The zero-order valence-electron chi connectivity index (χ0n) is 34.8. The number of hydrogen-bond donors (Lipinski definition) is 3. The number of carbonyl (C=O) groups is 3. The van der Waals surface area contributed by atoms with Crippen LogP contribution in [-0.4, -0.2) is 79.4 Å². The fourth-order valence-corrected chi connectivity index (χ4v) is 13.3. The van der Waals surface area contributed by atoms with Crippen LogP contribution in [0.2, 0.25) is 18.6 Å². The molecule has 3 heterocycles. The minimum absolute atomic E-state index is 0.0486. The molecule has 5 aromatic rings. The number of carbonyl (C=O) groups excluding carboxylic acids is 3. The number of fused-ring (bicyclic) bond motifs is 2.